The summed E-state index contributed by atoms with van der Waals surface area (Å²) < 4.78 is 33.6. The van der Waals surface area contributed by atoms with Crippen LogP contribution in [-0.2, 0) is 16.4 Å². The number of amides is 1. The second-order valence-corrected chi connectivity index (χ2v) is 9.36. The van der Waals surface area contributed by atoms with Gasteiger partial charge in [-0.3, -0.25) is 9.10 Å². The first kappa shape index (κ1) is 18.2. The van der Waals surface area contributed by atoms with Crippen LogP contribution in [0.5, 0.6) is 0 Å². The van der Waals surface area contributed by atoms with Crippen molar-refractivity contribution < 1.29 is 17.7 Å². The first-order valence-corrected chi connectivity index (χ1v) is 11.3. The van der Waals surface area contributed by atoms with Gasteiger partial charge in [-0.2, -0.15) is 0 Å². The Kier molecular flexibility index (Phi) is 4.31. The van der Waals surface area contributed by atoms with Crippen molar-refractivity contribution in [3.63, 3.8) is 0 Å². The van der Waals surface area contributed by atoms with Crippen molar-refractivity contribution in [1.82, 2.24) is 10.1 Å². The fourth-order valence-corrected chi connectivity index (χ4v) is 5.75. The third-order valence-corrected chi connectivity index (χ3v) is 7.50. The van der Waals surface area contributed by atoms with Gasteiger partial charge in [0.15, 0.2) is 11.3 Å². The number of rotatable bonds is 3. The molecule has 7 nitrogen and oxygen atoms in total. The number of likely N-dealkylation sites (tertiary alicyclic amines) is 1. The van der Waals surface area contributed by atoms with Gasteiger partial charge in [-0.25, -0.2) is 8.42 Å². The fraction of sp³-hybridized carbons (Fsp3) is 0.333. The standard InChI is InChI=1S/C21H21N3O4S/c25-21(23-11-3-4-12-23)20-17-14-16(9-10-19(17)28-22-20)29(26,27)24-13-5-7-15-6-1-2-8-18(15)24/h1-2,6,8-10,14H,3-5,7,11-13H2. The van der Waals surface area contributed by atoms with Gasteiger partial charge in [0.05, 0.1) is 16.0 Å². The van der Waals surface area contributed by atoms with Crippen LogP contribution in [0, 0.1) is 0 Å². The van der Waals surface area contributed by atoms with E-state index in [0.717, 1.165) is 36.9 Å². The van der Waals surface area contributed by atoms with Crippen molar-refractivity contribution in [2.75, 3.05) is 23.9 Å². The largest absolute Gasteiger partial charge is 0.355 e. The lowest BCUT2D eigenvalue weighted by Gasteiger charge is -2.30. The molecule has 0 aliphatic carbocycles. The summed E-state index contributed by atoms with van der Waals surface area (Å²) in [6, 6.07) is 12.2. The average Bonchev–Trinajstić information content (AvgIpc) is 3.42. The lowest BCUT2D eigenvalue weighted by molar-refractivity contribution is 0.0784. The van der Waals surface area contributed by atoms with Gasteiger partial charge in [0.25, 0.3) is 15.9 Å². The minimum Gasteiger partial charge on any atom is -0.355 e. The van der Waals surface area contributed by atoms with E-state index in [1.165, 1.54) is 16.4 Å². The predicted octanol–water partition coefficient (Wildman–Crippen LogP) is 3.21. The Morgan fingerprint density at radius 3 is 2.62 bits per heavy atom. The number of nitrogens with zero attached hydrogens (tertiary/aromatic N) is 3. The average molecular weight is 411 g/mol. The summed E-state index contributed by atoms with van der Waals surface area (Å²) in [6.07, 6.45) is 3.57. The van der Waals surface area contributed by atoms with Crippen molar-refractivity contribution in [1.29, 1.82) is 0 Å². The number of carbonyl (C=O) groups excluding carboxylic acids is 1. The quantitative estimate of drug-likeness (QED) is 0.661. The number of fused-ring (bicyclic) bond motifs is 2. The molecule has 3 heterocycles. The second-order valence-electron chi connectivity index (χ2n) is 7.50. The molecule has 0 spiro atoms. The summed E-state index contributed by atoms with van der Waals surface area (Å²) in [7, 11) is -3.77. The maximum absolute atomic E-state index is 13.4. The van der Waals surface area contributed by atoms with E-state index in [0.29, 0.717) is 30.6 Å². The van der Waals surface area contributed by atoms with Crippen LogP contribution in [0.15, 0.2) is 51.9 Å². The SMILES string of the molecule is O=C(c1noc2ccc(S(=O)(=O)N3CCCc4ccccc43)cc12)N1CCCC1. The van der Waals surface area contributed by atoms with Crippen LogP contribution in [0.25, 0.3) is 11.0 Å². The van der Waals surface area contributed by atoms with E-state index in [9.17, 15) is 13.2 Å². The molecule has 1 saturated heterocycles. The normalized spacial score (nSPS) is 17.0. The molecule has 0 unspecified atom stereocenters. The zero-order chi connectivity index (χ0) is 20.0. The van der Waals surface area contributed by atoms with E-state index in [4.69, 9.17) is 4.52 Å². The van der Waals surface area contributed by atoms with Crippen LogP contribution in [0.3, 0.4) is 0 Å². The number of aryl methyl sites for hydroxylation is 1. The Morgan fingerprint density at radius 1 is 1.00 bits per heavy atom. The molecule has 1 fully saturated rings. The number of anilines is 1. The first-order valence-electron chi connectivity index (χ1n) is 9.85. The Morgan fingerprint density at radius 2 is 1.79 bits per heavy atom. The smallest absolute Gasteiger partial charge is 0.276 e. The van der Waals surface area contributed by atoms with Crippen LogP contribution >= 0.6 is 0 Å². The van der Waals surface area contributed by atoms with Crippen molar-refractivity contribution in [3.8, 4) is 0 Å². The van der Waals surface area contributed by atoms with Gasteiger partial charge in [0.1, 0.15) is 0 Å². The third kappa shape index (κ3) is 2.98. The number of benzene rings is 2. The highest BCUT2D eigenvalue weighted by atomic mass is 32.2. The van der Waals surface area contributed by atoms with Crippen molar-refractivity contribution in [2.24, 2.45) is 0 Å². The number of sulfonamides is 1. The molecule has 0 bridgehead atoms. The van der Waals surface area contributed by atoms with Crippen molar-refractivity contribution in [2.45, 2.75) is 30.6 Å². The molecular formula is C21H21N3O4S. The van der Waals surface area contributed by atoms with E-state index in [2.05, 4.69) is 5.16 Å². The highest BCUT2D eigenvalue weighted by Gasteiger charge is 2.31. The molecule has 8 heteroatoms. The molecule has 0 N–H and O–H groups in total. The molecule has 0 atom stereocenters. The Bertz CT molecular complexity index is 1200. The lowest BCUT2D eigenvalue weighted by atomic mass is 10.0. The molecule has 2 aliphatic heterocycles. The van der Waals surface area contributed by atoms with Crippen molar-refractivity contribution >= 4 is 32.6 Å². The van der Waals surface area contributed by atoms with Crippen LogP contribution < -0.4 is 4.31 Å². The summed E-state index contributed by atoms with van der Waals surface area (Å²) in [4.78, 5) is 14.7. The van der Waals surface area contributed by atoms with Crippen LogP contribution in [0.1, 0.15) is 35.3 Å². The summed E-state index contributed by atoms with van der Waals surface area (Å²) in [5.74, 6) is -0.209. The molecule has 1 amide bonds. The first-order chi connectivity index (χ1) is 14.1. The Hall–Kier alpha value is -2.87. The highest BCUT2D eigenvalue weighted by Crippen LogP contribution is 2.33. The van der Waals surface area contributed by atoms with E-state index < -0.39 is 10.0 Å². The van der Waals surface area contributed by atoms with E-state index >= 15 is 0 Å². The Balaban J connectivity index is 1.57. The summed E-state index contributed by atoms with van der Waals surface area (Å²) >= 11 is 0. The van der Waals surface area contributed by atoms with E-state index in [1.54, 1.807) is 11.0 Å². The molecule has 0 radical (unpaired) electrons. The lowest BCUT2D eigenvalue weighted by Crippen LogP contribution is -2.35. The van der Waals surface area contributed by atoms with Crippen molar-refractivity contribution in [3.05, 3.63) is 53.7 Å². The fourth-order valence-electron chi connectivity index (χ4n) is 4.18. The molecule has 1 aromatic heterocycles. The van der Waals surface area contributed by atoms with Gasteiger partial charge in [0, 0.05) is 19.6 Å². The maximum Gasteiger partial charge on any atom is 0.276 e. The molecule has 0 saturated carbocycles. The maximum atomic E-state index is 13.4. The van der Waals surface area contributed by atoms with Gasteiger partial charge in [-0.15, -0.1) is 0 Å². The topological polar surface area (TPSA) is 83.7 Å². The molecule has 150 valence electrons. The number of hydrogen-bond donors (Lipinski definition) is 0. The van der Waals surface area contributed by atoms with Gasteiger partial charge in [0.2, 0.25) is 0 Å². The number of hydrogen-bond acceptors (Lipinski definition) is 5. The molecular weight excluding hydrogens is 390 g/mol. The van der Waals surface area contributed by atoms with Gasteiger partial charge < -0.3 is 9.42 Å². The molecule has 29 heavy (non-hydrogen) atoms. The van der Waals surface area contributed by atoms with E-state index in [1.807, 2.05) is 24.3 Å². The monoisotopic (exact) mass is 411 g/mol. The number of carbonyl (C=O) groups is 1. The van der Waals surface area contributed by atoms with Gasteiger partial charge in [-0.05, 0) is 55.5 Å². The molecule has 3 aromatic rings. The van der Waals surface area contributed by atoms with Gasteiger partial charge >= 0.3 is 0 Å². The van der Waals surface area contributed by atoms with Crippen LogP contribution in [-0.4, -0.2) is 44.0 Å². The Labute approximate surface area is 168 Å². The molecule has 5 rings (SSSR count). The zero-order valence-electron chi connectivity index (χ0n) is 15.9. The van der Waals surface area contributed by atoms with E-state index in [-0.39, 0.29) is 16.5 Å². The van der Waals surface area contributed by atoms with Gasteiger partial charge in [-0.1, -0.05) is 23.4 Å². The summed E-state index contributed by atoms with van der Waals surface area (Å²) in [5.41, 5.74) is 2.33. The van der Waals surface area contributed by atoms with Crippen LogP contribution in [0.4, 0.5) is 5.69 Å². The third-order valence-electron chi connectivity index (χ3n) is 5.69. The molecule has 2 aliphatic rings. The minimum atomic E-state index is -3.77. The highest BCUT2D eigenvalue weighted by molar-refractivity contribution is 7.92. The zero-order valence-corrected chi connectivity index (χ0v) is 16.7. The number of para-hydroxylation sites is 1. The second kappa shape index (κ2) is 6.88. The van der Waals surface area contributed by atoms with Crippen LogP contribution in [0.2, 0.25) is 0 Å². The number of aromatic nitrogens is 1. The predicted molar refractivity (Wildman–Crippen MR) is 108 cm³/mol. The summed E-state index contributed by atoms with van der Waals surface area (Å²) in [5, 5.41) is 4.38. The minimum absolute atomic E-state index is 0.139. The molecule has 2 aromatic carbocycles. The summed E-state index contributed by atoms with van der Waals surface area (Å²) in [6.45, 7) is 1.81.